The average Bonchev–Trinajstić information content (AvgIpc) is 2.88. The van der Waals surface area contributed by atoms with Gasteiger partial charge in [-0.05, 0) is 35.6 Å². The molecule has 0 bridgehead atoms. The SMILES string of the molecule is CC1(C)CC1NC1CCSc2c(F)cccc21. The molecule has 1 heterocycles. The summed E-state index contributed by atoms with van der Waals surface area (Å²) in [7, 11) is 0. The van der Waals surface area contributed by atoms with E-state index in [1.165, 1.54) is 6.42 Å². The standard InChI is InChI=1S/C14H18FNS/c1-14(2)8-12(14)16-11-6-7-17-13-9(11)4-3-5-10(13)15/h3-5,11-12,16H,6-8H2,1-2H3. The zero-order valence-electron chi connectivity index (χ0n) is 10.3. The lowest BCUT2D eigenvalue weighted by Crippen LogP contribution is -2.29. The number of hydrogen-bond acceptors (Lipinski definition) is 2. The van der Waals surface area contributed by atoms with Gasteiger partial charge in [0.15, 0.2) is 0 Å². The van der Waals surface area contributed by atoms with Gasteiger partial charge in [0.2, 0.25) is 0 Å². The minimum atomic E-state index is -0.0611. The molecule has 1 fully saturated rings. The van der Waals surface area contributed by atoms with Crippen LogP contribution in [0, 0.1) is 11.2 Å². The fourth-order valence-electron chi connectivity index (χ4n) is 2.55. The van der Waals surface area contributed by atoms with Crippen molar-refractivity contribution < 1.29 is 4.39 Å². The Morgan fingerprint density at radius 1 is 1.41 bits per heavy atom. The molecule has 0 saturated heterocycles. The Bertz CT molecular complexity index is 444. The van der Waals surface area contributed by atoms with Crippen LogP contribution in [0.4, 0.5) is 4.39 Å². The van der Waals surface area contributed by atoms with E-state index in [4.69, 9.17) is 0 Å². The highest BCUT2D eigenvalue weighted by Crippen LogP contribution is 2.47. The summed E-state index contributed by atoms with van der Waals surface area (Å²) in [6, 6.07) is 6.40. The first-order valence-corrected chi connectivity index (χ1v) is 7.24. The van der Waals surface area contributed by atoms with Crippen molar-refractivity contribution in [3.8, 4) is 0 Å². The van der Waals surface area contributed by atoms with Crippen LogP contribution in [-0.2, 0) is 0 Å². The van der Waals surface area contributed by atoms with Gasteiger partial charge in [-0.25, -0.2) is 4.39 Å². The summed E-state index contributed by atoms with van der Waals surface area (Å²) >= 11 is 1.65. The number of hydrogen-bond donors (Lipinski definition) is 1. The Morgan fingerprint density at radius 3 is 2.88 bits per heavy atom. The first-order valence-electron chi connectivity index (χ1n) is 6.25. The number of fused-ring (bicyclic) bond motifs is 1. The predicted octanol–water partition coefficient (Wildman–Crippen LogP) is 3.75. The van der Waals surface area contributed by atoms with Gasteiger partial charge >= 0.3 is 0 Å². The molecule has 1 aromatic carbocycles. The third kappa shape index (κ3) is 2.11. The largest absolute Gasteiger partial charge is 0.307 e. The monoisotopic (exact) mass is 251 g/mol. The maximum Gasteiger partial charge on any atom is 0.137 e. The summed E-state index contributed by atoms with van der Waals surface area (Å²) in [6.07, 6.45) is 2.34. The molecule has 0 radical (unpaired) electrons. The summed E-state index contributed by atoms with van der Waals surface area (Å²) in [5, 5.41) is 3.69. The summed E-state index contributed by atoms with van der Waals surface area (Å²) in [5.41, 5.74) is 1.59. The Labute approximate surface area is 106 Å². The van der Waals surface area contributed by atoms with Crippen molar-refractivity contribution in [3.05, 3.63) is 29.6 Å². The quantitative estimate of drug-likeness (QED) is 0.859. The molecule has 92 valence electrons. The van der Waals surface area contributed by atoms with Gasteiger partial charge in [0.1, 0.15) is 5.82 Å². The zero-order chi connectivity index (χ0) is 12.0. The molecule has 1 aromatic rings. The zero-order valence-corrected chi connectivity index (χ0v) is 11.1. The highest BCUT2D eigenvalue weighted by atomic mass is 32.2. The van der Waals surface area contributed by atoms with Crippen molar-refractivity contribution in [3.63, 3.8) is 0 Å². The van der Waals surface area contributed by atoms with E-state index >= 15 is 0 Å². The molecule has 1 aliphatic heterocycles. The minimum Gasteiger partial charge on any atom is -0.307 e. The summed E-state index contributed by atoms with van der Waals surface area (Å²) in [6.45, 7) is 4.57. The van der Waals surface area contributed by atoms with Crippen LogP contribution in [0.5, 0.6) is 0 Å². The van der Waals surface area contributed by atoms with Crippen LogP contribution in [0.25, 0.3) is 0 Å². The van der Waals surface area contributed by atoms with E-state index in [1.807, 2.05) is 6.07 Å². The smallest absolute Gasteiger partial charge is 0.137 e. The molecule has 1 saturated carbocycles. The van der Waals surface area contributed by atoms with E-state index in [0.29, 0.717) is 17.5 Å². The molecule has 3 rings (SSSR count). The number of nitrogens with one attached hydrogen (secondary N) is 1. The molecule has 17 heavy (non-hydrogen) atoms. The number of benzene rings is 1. The van der Waals surface area contributed by atoms with E-state index in [0.717, 1.165) is 22.6 Å². The fourth-order valence-corrected chi connectivity index (χ4v) is 3.69. The van der Waals surface area contributed by atoms with E-state index in [2.05, 4.69) is 25.2 Å². The van der Waals surface area contributed by atoms with Crippen molar-refractivity contribution in [1.29, 1.82) is 0 Å². The molecule has 2 atom stereocenters. The lowest BCUT2D eigenvalue weighted by Gasteiger charge is -2.27. The van der Waals surface area contributed by atoms with Crippen LogP contribution < -0.4 is 5.32 Å². The van der Waals surface area contributed by atoms with Gasteiger partial charge in [0.05, 0.1) is 0 Å². The van der Waals surface area contributed by atoms with Crippen molar-refractivity contribution in [2.75, 3.05) is 5.75 Å². The van der Waals surface area contributed by atoms with E-state index in [-0.39, 0.29) is 5.82 Å². The van der Waals surface area contributed by atoms with Gasteiger partial charge in [0, 0.05) is 17.0 Å². The topological polar surface area (TPSA) is 12.0 Å². The Hall–Kier alpha value is -0.540. The fraction of sp³-hybridized carbons (Fsp3) is 0.571. The van der Waals surface area contributed by atoms with Gasteiger partial charge in [-0.1, -0.05) is 26.0 Å². The molecule has 2 unspecified atom stereocenters. The van der Waals surface area contributed by atoms with Gasteiger partial charge in [-0.2, -0.15) is 0 Å². The predicted molar refractivity (Wildman–Crippen MR) is 69.8 cm³/mol. The van der Waals surface area contributed by atoms with Gasteiger partial charge in [-0.15, -0.1) is 11.8 Å². The molecular formula is C14H18FNS. The minimum absolute atomic E-state index is 0.0611. The van der Waals surface area contributed by atoms with Crippen LogP contribution in [-0.4, -0.2) is 11.8 Å². The first kappa shape index (κ1) is 11.5. The molecule has 3 heteroatoms. The number of halogens is 1. The molecule has 1 aliphatic carbocycles. The van der Waals surface area contributed by atoms with Crippen LogP contribution in [0.3, 0.4) is 0 Å². The number of thioether (sulfide) groups is 1. The number of rotatable bonds is 2. The molecular weight excluding hydrogens is 233 g/mol. The third-order valence-corrected chi connectivity index (χ3v) is 5.10. The lowest BCUT2D eigenvalue weighted by atomic mass is 10.0. The van der Waals surface area contributed by atoms with Crippen molar-refractivity contribution in [2.24, 2.45) is 5.41 Å². The van der Waals surface area contributed by atoms with E-state index in [1.54, 1.807) is 17.8 Å². The van der Waals surface area contributed by atoms with Crippen molar-refractivity contribution >= 4 is 11.8 Å². The highest BCUT2D eigenvalue weighted by Gasteiger charge is 2.46. The maximum absolute atomic E-state index is 13.7. The summed E-state index contributed by atoms with van der Waals surface area (Å²) in [5.74, 6) is 0.952. The van der Waals surface area contributed by atoms with Crippen molar-refractivity contribution in [2.45, 2.75) is 43.7 Å². The van der Waals surface area contributed by atoms with Crippen LogP contribution >= 0.6 is 11.8 Å². The van der Waals surface area contributed by atoms with Gasteiger partial charge in [0.25, 0.3) is 0 Å². The molecule has 0 aromatic heterocycles. The Kier molecular flexibility index (Phi) is 2.71. The second kappa shape index (κ2) is 3.99. The first-order chi connectivity index (χ1) is 8.08. The Morgan fingerprint density at radius 2 is 2.18 bits per heavy atom. The van der Waals surface area contributed by atoms with E-state index < -0.39 is 0 Å². The van der Waals surface area contributed by atoms with E-state index in [9.17, 15) is 4.39 Å². The maximum atomic E-state index is 13.7. The highest BCUT2D eigenvalue weighted by molar-refractivity contribution is 7.99. The lowest BCUT2D eigenvalue weighted by molar-refractivity contribution is 0.450. The summed E-state index contributed by atoms with van der Waals surface area (Å²) < 4.78 is 13.7. The normalized spacial score (nSPS) is 29.8. The molecule has 0 spiro atoms. The molecule has 0 amide bonds. The average molecular weight is 251 g/mol. The molecule has 1 N–H and O–H groups in total. The third-order valence-electron chi connectivity index (χ3n) is 3.94. The molecule has 2 aliphatic rings. The molecule has 1 nitrogen and oxygen atoms in total. The van der Waals surface area contributed by atoms with Crippen LogP contribution in [0.2, 0.25) is 0 Å². The second-order valence-corrected chi connectivity index (χ2v) is 6.87. The van der Waals surface area contributed by atoms with Crippen LogP contribution in [0.15, 0.2) is 23.1 Å². The van der Waals surface area contributed by atoms with Gasteiger partial charge < -0.3 is 5.32 Å². The van der Waals surface area contributed by atoms with Crippen molar-refractivity contribution in [1.82, 2.24) is 5.32 Å². The second-order valence-electron chi connectivity index (χ2n) is 5.76. The summed E-state index contributed by atoms with van der Waals surface area (Å²) in [4.78, 5) is 0.856. The van der Waals surface area contributed by atoms with Crippen LogP contribution in [0.1, 0.15) is 38.3 Å². The van der Waals surface area contributed by atoms with Gasteiger partial charge in [-0.3, -0.25) is 0 Å². The Balaban J connectivity index is 1.83.